The maximum absolute atomic E-state index is 10.9. The molecule has 1 unspecified atom stereocenters. The lowest BCUT2D eigenvalue weighted by molar-refractivity contribution is 0.0659. The molecule has 104 valence electrons. The molecule has 0 spiro atoms. The van der Waals surface area contributed by atoms with Crippen LogP contribution in [0.3, 0.4) is 0 Å². The second-order valence-electron chi connectivity index (χ2n) is 4.81. The standard InChI is InChI=1S/C15H15NO4/c1-9-6-10(20-14(9)15(17)18)7-16-12-8-19-13-5-3-2-4-11(12)13/h2-6,12,16H,7-8H2,1H3,(H,17,18). The van der Waals surface area contributed by atoms with E-state index in [-0.39, 0.29) is 11.8 Å². The van der Waals surface area contributed by atoms with Crippen LogP contribution in [0.15, 0.2) is 34.7 Å². The first-order valence-corrected chi connectivity index (χ1v) is 6.43. The SMILES string of the molecule is Cc1cc(CNC2COc3ccccc32)oc1C(=O)O. The van der Waals surface area contributed by atoms with E-state index < -0.39 is 5.97 Å². The lowest BCUT2D eigenvalue weighted by Crippen LogP contribution is -2.21. The second-order valence-corrected chi connectivity index (χ2v) is 4.81. The van der Waals surface area contributed by atoms with Crippen LogP contribution in [0.25, 0.3) is 0 Å². The first-order valence-electron chi connectivity index (χ1n) is 6.43. The number of hydrogen-bond acceptors (Lipinski definition) is 4. The van der Waals surface area contributed by atoms with E-state index in [2.05, 4.69) is 5.32 Å². The van der Waals surface area contributed by atoms with Gasteiger partial charge in [0.25, 0.3) is 0 Å². The third kappa shape index (κ3) is 2.28. The fraction of sp³-hybridized carbons (Fsp3) is 0.267. The van der Waals surface area contributed by atoms with Gasteiger partial charge in [0.2, 0.25) is 5.76 Å². The number of aromatic carboxylic acids is 1. The number of carbonyl (C=O) groups is 1. The van der Waals surface area contributed by atoms with Crippen molar-refractivity contribution in [1.82, 2.24) is 5.32 Å². The Morgan fingerprint density at radius 3 is 3.00 bits per heavy atom. The van der Waals surface area contributed by atoms with E-state index in [4.69, 9.17) is 14.3 Å². The van der Waals surface area contributed by atoms with Crippen molar-refractivity contribution in [2.24, 2.45) is 0 Å². The van der Waals surface area contributed by atoms with Crippen LogP contribution in [0.5, 0.6) is 5.75 Å². The van der Waals surface area contributed by atoms with Gasteiger partial charge < -0.3 is 14.3 Å². The Morgan fingerprint density at radius 2 is 2.25 bits per heavy atom. The molecule has 2 N–H and O–H groups in total. The summed E-state index contributed by atoms with van der Waals surface area (Å²) in [6.07, 6.45) is 0. The number of hydrogen-bond donors (Lipinski definition) is 2. The van der Waals surface area contributed by atoms with Crippen LogP contribution in [0.2, 0.25) is 0 Å². The van der Waals surface area contributed by atoms with Gasteiger partial charge in [-0.1, -0.05) is 18.2 Å². The molecule has 5 heteroatoms. The summed E-state index contributed by atoms with van der Waals surface area (Å²) in [5, 5.41) is 12.3. The molecule has 0 bridgehead atoms. The summed E-state index contributed by atoms with van der Waals surface area (Å²) in [4.78, 5) is 10.9. The predicted octanol–water partition coefficient (Wildman–Crippen LogP) is 2.51. The molecule has 0 amide bonds. The maximum Gasteiger partial charge on any atom is 0.372 e. The van der Waals surface area contributed by atoms with Gasteiger partial charge in [0, 0.05) is 11.1 Å². The van der Waals surface area contributed by atoms with Gasteiger partial charge in [0.05, 0.1) is 12.6 Å². The molecule has 20 heavy (non-hydrogen) atoms. The van der Waals surface area contributed by atoms with E-state index in [1.54, 1.807) is 13.0 Å². The molecular formula is C15H15NO4. The topological polar surface area (TPSA) is 71.7 Å². The van der Waals surface area contributed by atoms with Crippen molar-refractivity contribution < 1.29 is 19.1 Å². The molecule has 3 rings (SSSR count). The maximum atomic E-state index is 10.9. The summed E-state index contributed by atoms with van der Waals surface area (Å²) in [6.45, 7) is 2.77. The predicted molar refractivity (Wildman–Crippen MR) is 71.9 cm³/mol. The monoisotopic (exact) mass is 273 g/mol. The number of nitrogens with one attached hydrogen (secondary N) is 1. The molecular weight excluding hydrogens is 258 g/mol. The van der Waals surface area contributed by atoms with Gasteiger partial charge in [0.15, 0.2) is 0 Å². The fourth-order valence-electron chi connectivity index (χ4n) is 2.40. The minimum atomic E-state index is -1.04. The Morgan fingerprint density at radius 1 is 1.45 bits per heavy atom. The van der Waals surface area contributed by atoms with Gasteiger partial charge in [-0.15, -0.1) is 0 Å². The summed E-state index contributed by atoms with van der Waals surface area (Å²) >= 11 is 0. The number of furan rings is 1. The summed E-state index contributed by atoms with van der Waals surface area (Å²) in [5.41, 5.74) is 1.76. The Labute approximate surface area is 116 Å². The highest BCUT2D eigenvalue weighted by molar-refractivity contribution is 5.86. The van der Waals surface area contributed by atoms with Gasteiger partial charge in [-0.05, 0) is 19.1 Å². The van der Waals surface area contributed by atoms with E-state index in [1.807, 2.05) is 24.3 Å². The molecule has 0 saturated heterocycles. The molecule has 0 fully saturated rings. The number of ether oxygens (including phenoxy) is 1. The van der Waals surface area contributed by atoms with Crippen LogP contribution in [0.4, 0.5) is 0 Å². The van der Waals surface area contributed by atoms with Crippen molar-refractivity contribution in [2.45, 2.75) is 19.5 Å². The smallest absolute Gasteiger partial charge is 0.372 e. The minimum Gasteiger partial charge on any atom is -0.491 e. The van der Waals surface area contributed by atoms with Crippen LogP contribution in [0, 0.1) is 6.92 Å². The molecule has 0 saturated carbocycles. The highest BCUT2D eigenvalue weighted by Gasteiger charge is 2.23. The van der Waals surface area contributed by atoms with Crippen LogP contribution in [-0.4, -0.2) is 17.7 Å². The van der Waals surface area contributed by atoms with Crippen LogP contribution in [0.1, 0.15) is 33.5 Å². The van der Waals surface area contributed by atoms with E-state index in [1.165, 1.54) is 0 Å². The molecule has 5 nitrogen and oxygen atoms in total. The summed E-state index contributed by atoms with van der Waals surface area (Å²) in [6, 6.07) is 9.73. The molecule has 0 radical (unpaired) electrons. The minimum absolute atomic E-state index is 0.00451. The van der Waals surface area contributed by atoms with Crippen molar-refractivity contribution in [3.8, 4) is 5.75 Å². The highest BCUT2D eigenvalue weighted by Crippen LogP contribution is 2.31. The zero-order valence-corrected chi connectivity index (χ0v) is 11.1. The number of benzene rings is 1. The molecule has 1 aliphatic heterocycles. The molecule has 1 aromatic heterocycles. The normalized spacial score (nSPS) is 16.8. The number of rotatable bonds is 4. The first-order chi connectivity index (χ1) is 9.65. The fourth-order valence-corrected chi connectivity index (χ4v) is 2.40. The Bertz CT molecular complexity index is 647. The van der Waals surface area contributed by atoms with E-state index in [0.717, 1.165) is 11.3 Å². The number of carboxylic acids is 1. The summed E-state index contributed by atoms with van der Waals surface area (Å²) in [7, 11) is 0. The van der Waals surface area contributed by atoms with E-state index >= 15 is 0 Å². The number of carboxylic acid groups (broad SMARTS) is 1. The zero-order valence-electron chi connectivity index (χ0n) is 11.1. The van der Waals surface area contributed by atoms with Gasteiger partial charge in [0.1, 0.15) is 18.1 Å². The Kier molecular flexibility index (Phi) is 3.20. The number of para-hydroxylation sites is 1. The van der Waals surface area contributed by atoms with Gasteiger partial charge in [-0.25, -0.2) is 4.79 Å². The van der Waals surface area contributed by atoms with Crippen molar-refractivity contribution in [3.05, 3.63) is 53.0 Å². The number of fused-ring (bicyclic) bond motifs is 1. The number of aryl methyl sites for hydroxylation is 1. The molecule has 1 aromatic carbocycles. The van der Waals surface area contributed by atoms with Crippen molar-refractivity contribution in [1.29, 1.82) is 0 Å². The summed E-state index contributed by atoms with van der Waals surface area (Å²) in [5.74, 6) is 0.476. The lowest BCUT2D eigenvalue weighted by atomic mass is 10.1. The average Bonchev–Trinajstić information content (AvgIpc) is 3.00. The third-order valence-electron chi connectivity index (χ3n) is 3.39. The average molecular weight is 273 g/mol. The summed E-state index contributed by atoms with van der Waals surface area (Å²) < 4.78 is 10.9. The molecule has 0 aliphatic carbocycles. The van der Waals surface area contributed by atoms with Crippen LogP contribution < -0.4 is 10.1 Å². The quantitative estimate of drug-likeness (QED) is 0.895. The van der Waals surface area contributed by atoms with Crippen molar-refractivity contribution in [3.63, 3.8) is 0 Å². The first kappa shape index (κ1) is 12.7. The van der Waals surface area contributed by atoms with Crippen molar-refractivity contribution >= 4 is 5.97 Å². The van der Waals surface area contributed by atoms with E-state index in [9.17, 15) is 4.79 Å². The van der Waals surface area contributed by atoms with Crippen LogP contribution in [-0.2, 0) is 6.54 Å². The Hall–Kier alpha value is -2.27. The molecule has 1 aliphatic rings. The molecule has 2 heterocycles. The van der Waals surface area contributed by atoms with Crippen molar-refractivity contribution in [2.75, 3.05) is 6.61 Å². The van der Waals surface area contributed by atoms with Gasteiger partial charge >= 0.3 is 5.97 Å². The molecule has 1 atom stereocenters. The molecule has 2 aromatic rings. The second kappa shape index (κ2) is 5.02. The van der Waals surface area contributed by atoms with Gasteiger partial charge in [-0.3, -0.25) is 5.32 Å². The highest BCUT2D eigenvalue weighted by atomic mass is 16.5. The largest absolute Gasteiger partial charge is 0.491 e. The lowest BCUT2D eigenvalue weighted by Gasteiger charge is -2.09. The Balaban J connectivity index is 1.69. The van der Waals surface area contributed by atoms with Gasteiger partial charge in [-0.2, -0.15) is 0 Å². The van der Waals surface area contributed by atoms with E-state index in [0.29, 0.717) is 24.5 Å². The zero-order chi connectivity index (χ0) is 14.1. The third-order valence-corrected chi connectivity index (χ3v) is 3.39. The van der Waals surface area contributed by atoms with Crippen LogP contribution >= 0.6 is 0 Å².